The first-order valence-electron chi connectivity index (χ1n) is 4.26. The van der Waals surface area contributed by atoms with E-state index < -0.39 is 11.5 Å². The third kappa shape index (κ3) is 1.70. The monoisotopic (exact) mass is 239 g/mol. The van der Waals surface area contributed by atoms with E-state index in [2.05, 4.69) is 10.1 Å². The second-order valence-corrected chi connectivity index (χ2v) is 3.36. The quantitative estimate of drug-likeness (QED) is 0.815. The van der Waals surface area contributed by atoms with E-state index in [0.717, 1.165) is 10.7 Å². The van der Waals surface area contributed by atoms with Gasteiger partial charge in [0.1, 0.15) is 0 Å². The van der Waals surface area contributed by atoms with E-state index in [1.165, 1.54) is 6.20 Å². The third-order valence-electron chi connectivity index (χ3n) is 1.90. The number of aromatic nitrogens is 3. The van der Waals surface area contributed by atoms with Crippen molar-refractivity contribution in [3.8, 4) is 5.82 Å². The number of hydrogen-bond acceptors (Lipinski definition) is 3. The topological polar surface area (TPSA) is 88.0 Å². The molecule has 0 aliphatic heterocycles. The molecular weight excluding hydrogens is 234 g/mol. The number of halogens is 1. The fourth-order valence-electron chi connectivity index (χ4n) is 1.26. The molecule has 6 nitrogen and oxygen atoms in total. The first kappa shape index (κ1) is 10.4. The lowest BCUT2D eigenvalue weighted by atomic mass is 10.4. The average molecular weight is 240 g/mol. The maximum Gasteiger partial charge on any atom is 0.354 e. The average Bonchev–Trinajstić information content (AvgIpc) is 2.61. The lowest BCUT2D eigenvalue weighted by Crippen LogP contribution is -2.10. The molecule has 0 spiro atoms. The van der Waals surface area contributed by atoms with Gasteiger partial charge in [-0.2, -0.15) is 0 Å². The highest BCUT2D eigenvalue weighted by Crippen LogP contribution is 2.16. The van der Waals surface area contributed by atoms with Crippen molar-refractivity contribution in [1.29, 1.82) is 0 Å². The summed E-state index contributed by atoms with van der Waals surface area (Å²) in [5, 5.41) is 11.4. The zero-order chi connectivity index (χ0) is 11.7. The first-order chi connectivity index (χ1) is 7.59. The molecule has 0 atom stereocenters. The number of H-pyrrole nitrogens is 1. The van der Waals surface area contributed by atoms with Crippen molar-refractivity contribution in [2.24, 2.45) is 0 Å². The Morgan fingerprint density at radius 1 is 1.56 bits per heavy atom. The Balaban J connectivity index is 2.69. The standard InChI is InChI=1S/C9H6ClN3O3/c10-5-2-1-3-11-8(5)13-6(9(15)16)4-7(14)12-13/h1-4H,(H,12,14)(H,15,16). The van der Waals surface area contributed by atoms with Gasteiger partial charge in [0.05, 0.1) is 5.02 Å². The molecule has 0 aromatic carbocycles. The third-order valence-corrected chi connectivity index (χ3v) is 2.20. The Kier molecular flexibility index (Phi) is 2.49. The summed E-state index contributed by atoms with van der Waals surface area (Å²) >= 11 is 5.85. The van der Waals surface area contributed by atoms with Crippen LogP contribution in [0.15, 0.2) is 29.2 Å². The SMILES string of the molecule is O=C(O)c1cc(=O)[nH]n1-c1ncccc1Cl. The van der Waals surface area contributed by atoms with Crippen molar-refractivity contribution in [1.82, 2.24) is 14.8 Å². The Morgan fingerprint density at radius 3 is 2.94 bits per heavy atom. The van der Waals surface area contributed by atoms with Gasteiger partial charge in [0.15, 0.2) is 11.5 Å². The summed E-state index contributed by atoms with van der Waals surface area (Å²) in [6.07, 6.45) is 1.45. The van der Waals surface area contributed by atoms with E-state index in [-0.39, 0.29) is 16.5 Å². The molecule has 0 fully saturated rings. The van der Waals surface area contributed by atoms with Gasteiger partial charge in [0, 0.05) is 12.3 Å². The number of carboxylic acid groups (broad SMARTS) is 1. The number of nitrogens with one attached hydrogen (secondary N) is 1. The van der Waals surface area contributed by atoms with Crippen LogP contribution in [0, 0.1) is 0 Å². The van der Waals surface area contributed by atoms with E-state index in [4.69, 9.17) is 16.7 Å². The molecule has 0 aliphatic carbocycles. The molecule has 2 aromatic heterocycles. The zero-order valence-corrected chi connectivity index (χ0v) is 8.60. The minimum atomic E-state index is -1.24. The Hall–Kier alpha value is -2.08. The highest BCUT2D eigenvalue weighted by atomic mass is 35.5. The summed E-state index contributed by atoms with van der Waals surface area (Å²) in [4.78, 5) is 25.9. The van der Waals surface area contributed by atoms with E-state index in [1.54, 1.807) is 12.1 Å². The van der Waals surface area contributed by atoms with Gasteiger partial charge in [0.2, 0.25) is 0 Å². The van der Waals surface area contributed by atoms with Crippen LogP contribution < -0.4 is 5.56 Å². The highest BCUT2D eigenvalue weighted by Gasteiger charge is 2.15. The van der Waals surface area contributed by atoms with Gasteiger partial charge in [-0.05, 0) is 12.1 Å². The molecule has 2 heterocycles. The predicted octanol–water partition coefficient (Wildman–Crippen LogP) is 0.912. The number of aromatic carboxylic acids is 1. The van der Waals surface area contributed by atoms with E-state index in [9.17, 15) is 9.59 Å². The number of aromatic amines is 1. The Morgan fingerprint density at radius 2 is 2.31 bits per heavy atom. The predicted molar refractivity (Wildman–Crippen MR) is 56.2 cm³/mol. The number of hydrogen-bond donors (Lipinski definition) is 2. The summed E-state index contributed by atoms with van der Waals surface area (Å²) < 4.78 is 1.03. The van der Waals surface area contributed by atoms with Crippen LogP contribution in [0.2, 0.25) is 5.02 Å². The van der Waals surface area contributed by atoms with Crippen LogP contribution in [0.5, 0.6) is 0 Å². The van der Waals surface area contributed by atoms with E-state index >= 15 is 0 Å². The lowest BCUT2D eigenvalue weighted by Gasteiger charge is -2.05. The second kappa shape index (κ2) is 3.82. The molecule has 2 N–H and O–H groups in total. The maximum atomic E-state index is 11.1. The smallest absolute Gasteiger partial charge is 0.354 e. The summed E-state index contributed by atoms with van der Waals surface area (Å²) in [6.45, 7) is 0. The summed E-state index contributed by atoms with van der Waals surface area (Å²) in [5.74, 6) is -1.07. The molecule has 0 saturated carbocycles. The van der Waals surface area contributed by atoms with E-state index in [1.807, 2.05) is 0 Å². The van der Waals surface area contributed by atoms with Gasteiger partial charge in [-0.25, -0.2) is 14.5 Å². The van der Waals surface area contributed by atoms with Crippen molar-refractivity contribution in [3.63, 3.8) is 0 Å². The van der Waals surface area contributed by atoms with Crippen LogP contribution in [0.4, 0.5) is 0 Å². The molecule has 7 heteroatoms. The van der Waals surface area contributed by atoms with Gasteiger partial charge in [-0.1, -0.05) is 11.6 Å². The Bertz CT molecular complexity index is 602. The van der Waals surface area contributed by atoms with Gasteiger partial charge < -0.3 is 5.11 Å². The van der Waals surface area contributed by atoms with Crippen LogP contribution in [0.25, 0.3) is 5.82 Å². The van der Waals surface area contributed by atoms with Crippen molar-refractivity contribution in [2.45, 2.75) is 0 Å². The van der Waals surface area contributed by atoms with Gasteiger partial charge in [0.25, 0.3) is 5.56 Å². The summed E-state index contributed by atoms with van der Waals surface area (Å²) in [7, 11) is 0. The summed E-state index contributed by atoms with van der Waals surface area (Å²) in [5.41, 5.74) is -0.746. The molecule has 2 rings (SSSR count). The van der Waals surface area contributed by atoms with Crippen molar-refractivity contribution in [2.75, 3.05) is 0 Å². The van der Waals surface area contributed by atoms with Crippen LogP contribution in [-0.4, -0.2) is 25.8 Å². The van der Waals surface area contributed by atoms with E-state index in [0.29, 0.717) is 0 Å². The van der Waals surface area contributed by atoms with Crippen LogP contribution in [0.3, 0.4) is 0 Å². The van der Waals surface area contributed by atoms with Gasteiger partial charge in [-0.15, -0.1) is 0 Å². The Labute approximate surface area is 94.1 Å². The summed E-state index contributed by atoms with van der Waals surface area (Å²) in [6, 6.07) is 4.12. The van der Waals surface area contributed by atoms with Gasteiger partial charge >= 0.3 is 5.97 Å². The number of carbonyl (C=O) groups is 1. The molecule has 2 aromatic rings. The van der Waals surface area contributed by atoms with Crippen LogP contribution in [0.1, 0.15) is 10.5 Å². The molecular formula is C9H6ClN3O3. The largest absolute Gasteiger partial charge is 0.477 e. The molecule has 0 aliphatic rings. The van der Waals surface area contributed by atoms with Crippen LogP contribution >= 0.6 is 11.6 Å². The number of rotatable bonds is 2. The van der Waals surface area contributed by atoms with Crippen LogP contribution in [-0.2, 0) is 0 Å². The molecule has 16 heavy (non-hydrogen) atoms. The normalized spacial score (nSPS) is 10.3. The highest BCUT2D eigenvalue weighted by molar-refractivity contribution is 6.32. The molecule has 0 radical (unpaired) electrons. The lowest BCUT2D eigenvalue weighted by molar-refractivity contribution is 0.0687. The molecule has 0 saturated heterocycles. The second-order valence-electron chi connectivity index (χ2n) is 2.96. The minimum Gasteiger partial charge on any atom is -0.477 e. The maximum absolute atomic E-state index is 11.1. The number of pyridine rings is 1. The van der Waals surface area contributed by atoms with Crippen molar-refractivity contribution < 1.29 is 9.90 Å². The number of carboxylic acids is 1. The number of nitrogens with zero attached hydrogens (tertiary/aromatic N) is 2. The fraction of sp³-hybridized carbons (Fsp3) is 0. The molecule has 0 amide bonds. The van der Waals surface area contributed by atoms with Crippen molar-refractivity contribution in [3.05, 3.63) is 45.5 Å². The molecule has 0 unspecified atom stereocenters. The van der Waals surface area contributed by atoms with Crippen molar-refractivity contribution >= 4 is 17.6 Å². The molecule has 0 bridgehead atoms. The zero-order valence-electron chi connectivity index (χ0n) is 7.85. The van der Waals surface area contributed by atoms with Gasteiger partial charge in [-0.3, -0.25) is 9.89 Å². The molecule has 82 valence electrons. The first-order valence-corrected chi connectivity index (χ1v) is 4.63. The fourth-order valence-corrected chi connectivity index (χ4v) is 1.46. The minimum absolute atomic E-state index is 0.170.